The second-order valence-corrected chi connectivity index (χ2v) is 2.86. The summed E-state index contributed by atoms with van der Waals surface area (Å²) in [4.78, 5) is 3.83. The standard InChI is InChI=1S/C8H11F3N2O2/c1-12-2-6-7(15-5-13-6)3-14-4-8(9,10)11/h5,12H,2-4H2,1H3. The van der Waals surface area contributed by atoms with E-state index in [-0.39, 0.29) is 6.61 Å². The largest absolute Gasteiger partial charge is 0.446 e. The average Bonchev–Trinajstić information content (AvgIpc) is 2.51. The van der Waals surface area contributed by atoms with E-state index in [1.807, 2.05) is 0 Å². The third-order valence-corrected chi connectivity index (χ3v) is 1.57. The van der Waals surface area contributed by atoms with Crippen molar-refractivity contribution in [1.82, 2.24) is 10.3 Å². The van der Waals surface area contributed by atoms with Crippen molar-refractivity contribution in [1.29, 1.82) is 0 Å². The van der Waals surface area contributed by atoms with Crippen molar-refractivity contribution in [3.05, 3.63) is 17.8 Å². The molecule has 0 fully saturated rings. The number of oxazole rings is 1. The fourth-order valence-corrected chi connectivity index (χ4v) is 0.982. The molecule has 0 atom stereocenters. The van der Waals surface area contributed by atoms with Gasteiger partial charge in [0.1, 0.15) is 13.2 Å². The Bertz CT molecular complexity index is 298. The lowest BCUT2D eigenvalue weighted by atomic mass is 10.3. The van der Waals surface area contributed by atoms with Crippen molar-refractivity contribution in [2.45, 2.75) is 19.3 Å². The van der Waals surface area contributed by atoms with Crippen LogP contribution in [-0.2, 0) is 17.9 Å². The van der Waals surface area contributed by atoms with Crippen LogP contribution in [-0.4, -0.2) is 24.8 Å². The van der Waals surface area contributed by atoms with Gasteiger partial charge in [-0.1, -0.05) is 0 Å². The van der Waals surface area contributed by atoms with E-state index in [0.29, 0.717) is 18.0 Å². The fourth-order valence-electron chi connectivity index (χ4n) is 0.982. The zero-order chi connectivity index (χ0) is 11.3. The summed E-state index contributed by atoms with van der Waals surface area (Å²) in [6.45, 7) is -1.08. The topological polar surface area (TPSA) is 47.3 Å². The SMILES string of the molecule is CNCc1ncoc1COCC(F)(F)F. The molecule has 0 spiro atoms. The van der Waals surface area contributed by atoms with Gasteiger partial charge in [-0.3, -0.25) is 0 Å². The average molecular weight is 224 g/mol. The third kappa shape index (κ3) is 4.30. The molecule has 1 aromatic heterocycles. The second kappa shape index (κ2) is 5.13. The first-order valence-corrected chi connectivity index (χ1v) is 4.23. The molecule has 1 N–H and O–H groups in total. The van der Waals surface area contributed by atoms with E-state index >= 15 is 0 Å². The molecule has 1 aromatic rings. The maximum atomic E-state index is 11.7. The molecule has 4 nitrogen and oxygen atoms in total. The van der Waals surface area contributed by atoms with Crippen molar-refractivity contribution in [2.24, 2.45) is 0 Å². The number of nitrogens with zero attached hydrogens (tertiary/aromatic N) is 1. The molecule has 1 rings (SSSR count). The van der Waals surface area contributed by atoms with E-state index in [1.165, 1.54) is 6.39 Å². The van der Waals surface area contributed by atoms with Crippen molar-refractivity contribution >= 4 is 0 Å². The Balaban J connectivity index is 2.40. The number of ether oxygens (including phenoxy) is 1. The Morgan fingerprint density at radius 2 is 2.27 bits per heavy atom. The fraction of sp³-hybridized carbons (Fsp3) is 0.625. The molecule has 86 valence electrons. The minimum absolute atomic E-state index is 0.226. The van der Waals surface area contributed by atoms with Crippen molar-refractivity contribution < 1.29 is 22.3 Å². The van der Waals surface area contributed by atoms with E-state index in [4.69, 9.17) is 4.42 Å². The minimum Gasteiger partial charge on any atom is -0.446 e. The number of halogens is 3. The van der Waals surface area contributed by atoms with Crippen LogP contribution in [0.1, 0.15) is 11.5 Å². The summed E-state index contributed by atoms with van der Waals surface area (Å²) >= 11 is 0. The number of rotatable bonds is 5. The van der Waals surface area contributed by atoms with Crippen LogP contribution in [0.25, 0.3) is 0 Å². The van der Waals surface area contributed by atoms with Gasteiger partial charge in [-0.2, -0.15) is 13.2 Å². The molecule has 0 saturated carbocycles. The molecule has 0 amide bonds. The molecular formula is C8H11F3N2O2. The first-order chi connectivity index (χ1) is 7.03. The summed E-state index contributed by atoms with van der Waals surface area (Å²) in [5.74, 6) is 0.314. The van der Waals surface area contributed by atoms with Crippen molar-refractivity contribution in [2.75, 3.05) is 13.7 Å². The highest BCUT2D eigenvalue weighted by Gasteiger charge is 2.27. The monoisotopic (exact) mass is 224 g/mol. The van der Waals surface area contributed by atoms with E-state index in [0.717, 1.165) is 0 Å². The molecule has 0 radical (unpaired) electrons. The van der Waals surface area contributed by atoms with Crippen LogP contribution < -0.4 is 5.32 Å². The summed E-state index contributed by atoms with van der Waals surface area (Å²) in [5, 5.41) is 2.82. The maximum Gasteiger partial charge on any atom is 0.411 e. The van der Waals surface area contributed by atoms with Gasteiger partial charge in [0.05, 0.1) is 5.69 Å². The number of hydrogen-bond donors (Lipinski definition) is 1. The predicted molar refractivity (Wildman–Crippen MR) is 45.0 cm³/mol. The third-order valence-electron chi connectivity index (χ3n) is 1.57. The van der Waals surface area contributed by atoms with Gasteiger partial charge in [0, 0.05) is 6.54 Å². The quantitative estimate of drug-likeness (QED) is 0.822. The molecule has 0 saturated heterocycles. The van der Waals surface area contributed by atoms with Crippen LogP contribution in [0.3, 0.4) is 0 Å². The first-order valence-electron chi connectivity index (χ1n) is 4.23. The van der Waals surface area contributed by atoms with Gasteiger partial charge in [-0.15, -0.1) is 0 Å². The van der Waals surface area contributed by atoms with E-state index in [2.05, 4.69) is 15.0 Å². The summed E-state index contributed by atoms with van der Waals surface area (Å²) < 4.78 is 44.6. The molecule has 1 heterocycles. The van der Waals surface area contributed by atoms with E-state index in [1.54, 1.807) is 7.05 Å². The summed E-state index contributed by atoms with van der Waals surface area (Å²) in [6.07, 6.45) is -3.14. The predicted octanol–water partition coefficient (Wildman–Crippen LogP) is 1.47. The number of alkyl halides is 3. The van der Waals surface area contributed by atoms with E-state index in [9.17, 15) is 13.2 Å². The van der Waals surface area contributed by atoms with Crippen LogP contribution in [0.2, 0.25) is 0 Å². The molecule has 0 aliphatic rings. The molecule has 0 aliphatic heterocycles. The Hall–Kier alpha value is -1.08. The maximum absolute atomic E-state index is 11.7. The van der Waals surface area contributed by atoms with Gasteiger partial charge >= 0.3 is 6.18 Å². The molecule has 0 aromatic carbocycles. The van der Waals surface area contributed by atoms with Crippen LogP contribution in [0.4, 0.5) is 13.2 Å². The Kier molecular flexibility index (Phi) is 4.10. The van der Waals surface area contributed by atoms with Crippen LogP contribution in [0.5, 0.6) is 0 Å². The Morgan fingerprint density at radius 3 is 2.87 bits per heavy atom. The highest BCUT2D eigenvalue weighted by molar-refractivity contribution is 5.05. The lowest BCUT2D eigenvalue weighted by Gasteiger charge is -2.06. The summed E-state index contributed by atoms with van der Waals surface area (Å²) in [6, 6.07) is 0. The van der Waals surface area contributed by atoms with Gasteiger partial charge in [0.2, 0.25) is 0 Å². The number of aromatic nitrogens is 1. The zero-order valence-electron chi connectivity index (χ0n) is 8.10. The normalized spacial score (nSPS) is 12.0. The van der Waals surface area contributed by atoms with Gasteiger partial charge in [-0.05, 0) is 7.05 Å². The lowest BCUT2D eigenvalue weighted by molar-refractivity contribution is -0.177. The molecule has 0 aliphatic carbocycles. The summed E-state index contributed by atoms with van der Waals surface area (Å²) in [7, 11) is 1.70. The number of hydrogen-bond acceptors (Lipinski definition) is 4. The van der Waals surface area contributed by atoms with Crippen LogP contribution in [0, 0.1) is 0 Å². The molecule has 15 heavy (non-hydrogen) atoms. The highest BCUT2D eigenvalue weighted by Crippen LogP contribution is 2.16. The van der Waals surface area contributed by atoms with Crippen molar-refractivity contribution in [3.8, 4) is 0 Å². The smallest absolute Gasteiger partial charge is 0.411 e. The molecule has 7 heteroatoms. The molecular weight excluding hydrogens is 213 g/mol. The minimum atomic E-state index is -4.32. The summed E-state index contributed by atoms with van der Waals surface area (Å²) in [5.41, 5.74) is 0.555. The molecule has 0 unspecified atom stereocenters. The van der Waals surface area contributed by atoms with Crippen LogP contribution in [0.15, 0.2) is 10.8 Å². The lowest BCUT2D eigenvalue weighted by Crippen LogP contribution is -2.17. The molecule has 0 bridgehead atoms. The Labute approximate surface area is 84.4 Å². The Morgan fingerprint density at radius 1 is 1.53 bits per heavy atom. The van der Waals surface area contributed by atoms with Gasteiger partial charge in [-0.25, -0.2) is 4.98 Å². The van der Waals surface area contributed by atoms with Crippen LogP contribution >= 0.6 is 0 Å². The van der Waals surface area contributed by atoms with Gasteiger partial charge < -0.3 is 14.5 Å². The number of nitrogens with one attached hydrogen (secondary N) is 1. The first kappa shape index (κ1) is 12.0. The van der Waals surface area contributed by atoms with E-state index < -0.39 is 12.8 Å². The van der Waals surface area contributed by atoms with Crippen molar-refractivity contribution in [3.63, 3.8) is 0 Å². The van der Waals surface area contributed by atoms with Gasteiger partial charge in [0.25, 0.3) is 0 Å². The second-order valence-electron chi connectivity index (χ2n) is 2.86. The highest BCUT2D eigenvalue weighted by atomic mass is 19.4. The van der Waals surface area contributed by atoms with Gasteiger partial charge in [0.15, 0.2) is 12.2 Å². The zero-order valence-corrected chi connectivity index (χ0v) is 8.10.